The monoisotopic (exact) mass is 202 g/mol. The highest BCUT2D eigenvalue weighted by molar-refractivity contribution is 5.82. The molecule has 1 aromatic heterocycles. The lowest BCUT2D eigenvalue weighted by Gasteiger charge is -2.12. The summed E-state index contributed by atoms with van der Waals surface area (Å²) in [6, 6.07) is 9.66. The van der Waals surface area contributed by atoms with E-state index in [0.29, 0.717) is 0 Å². The Morgan fingerprint density at radius 2 is 2.13 bits per heavy atom. The number of aryl methyl sites for hydroxylation is 1. The molecule has 3 nitrogen and oxygen atoms in total. The van der Waals surface area contributed by atoms with E-state index in [0.717, 1.165) is 22.2 Å². The lowest BCUT2D eigenvalue weighted by atomic mass is 10.0. The fraction of sp³-hybridized carbons (Fsp3) is 0.250. The van der Waals surface area contributed by atoms with E-state index >= 15 is 0 Å². The van der Waals surface area contributed by atoms with Crippen molar-refractivity contribution in [3.63, 3.8) is 0 Å². The van der Waals surface area contributed by atoms with Crippen LogP contribution in [0.3, 0.4) is 0 Å². The van der Waals surface area contributed by atoms with E-state index < -0.39 is 6.10 Å². The number of benzene rings is 1. The number of hydrogen-bond donors (Lipinski definition) is 2. The minimum atomic E-state index is -0.614. The van der Waals surface area contributed by atoms with Crippen molar-refractivity contribution in [2.45, 2.75) is 13.0 Å². The maximum atomic E-state index is 9.80. The smallest absolute Gasteiger partial charge is 0.0919 e. The number of fused-ring (bicyclic) bond motifs is 1. The van der Waals surface area contributed by atoms with Crippen LogP contribution in [-0.2, 0) is 0 Å². The van der Waals surface area contributed by atoms with Crippen LogP contribution >= 0.6 is 0 Å². The first-order valence-corrected chi connectivity index (χ1v) is 4.97. The van der Waals surface area contributed by atoms with Gasteiger partial charge in [-0.2, -0.15) is 0 Å². The zero-order valence-corrected chi connectivity index (χ0v) is 8.64. The molecular formula is C12H14N2O. The summed E-state index contributed by atoms with van der Waals surface area (Å²) in [6.07, 6.45) is -0.614. The summed E-state index contributed by atoms with van der Waals surface area (Å²) >= 11 is 0. The average Bonchev–Trinajstić information content (AvgIpc) is 2.26. The molecule has 0 aliphatic rings. The molecule has 3 heteroatoms. The third-order valence-electron chi connectivity index (χ3n) is 2.46. The highest BCUT2D eigenvalue weighted by Gasteiger charge is 2.10. The van der Waals surface area contributed by atoms with Gasteiger partial charge in [0.1, 0.15) is 0 Å². The number of para-hydroxylation sites is 1. The summed E-state index contributed by atoms with van der Waals surface area (Å²) in [7, 11) is 0. The fourth-order valence-electron chi connectivity index (χ4n) is 1.74. The molecule has 1 atom stereocenters. The van der Waals surface area contributed by atoms with Crippen molar-refractivity contribution in [2.24, 2.45) is 5.73 Å². The van der Waals surface area contributed by atoms with Gasteiger partial charge in [-0.1, -0.05) is 18.2 Å². The molecule has 0 amide bonds. The highest BCUT2D eigenvalue weighted by Crippen LogP contribution is 2.23. The second-order valence-electron chi connectivity index (χ2n) is 3.62. The number of nitrogens with two attached hydrogens (primary N) is 1. The van der Waals surface area contributed by atoms with Crippen molar-refractivity contribution in [3.8, 4) is 0 Å². The van der Waals surface area contributed by atoms with Crippen LogP contribution in [0.5, 0.6) is 0 Å². The molecule has 15 heavy (non-hydrogen) atoms. The number of nitrogens with zero attached hydrogens (tertiary/aromatic N) is 1. The van der Waals surface area contributed by atoms with Crippen LogP contribution in [0.15, 0.2) is 30.3 Å². The fourth-order valence-corrected chi connectivity index (χ4v) is 1.74. The van der Waals surface area contributed by atoms with Crippen molar-refractivity contribution in [1.82, 2.24) is 4.98 Å². The Hall–Kier alpha value is -1.45. The van der Waals surface area contributed by atoms with Crippen LogP contribution in [-0.4, -0.2) is 16.6 Å². The van der Waals surface area contributed by atoms with Gasteiger partial charge in [0, 0.05) is 17.6 Å². The van der Waals surface area contributed by atoms with Crippen LogP contribution in [0, 0.1) is 6.92 Å². The Kier molecular flexibility index (Phi) is 2.66. The van der Waals surface area contributed by atoms with Gasteiger partial charge < -0.3 is 10.8 Å². The second kappa shape index (κ2) is 3.96. The number of aliphatic hydroxyl groups excluding tert-OH is 1. The van der Waals surface area contributed by atoms with Gasteiger partial charge in [-0.3, -0.25) is 4.98 Å². The Bertz CT molecular complexity index is 482. The molecule has 2 rings (SSSR count). The largest absolute Gasteiger partial charge is 0.387 e. The van der Waals surface area contributed by atoms with Crippen LogP contribution in [0.25, 0.3) is 10.9 Å². The Morgan fingerprint density at radius 1 is 1.40 bits per heavy atom. The molecular weight excluding hydrogens is 188 g/mol. The van der Waals surface area contributed by atoms with Crippen LogP contribution in [0.2, 0.25) is 0 Å². The lowest BCUT2D eigenvalue weighted by Crippen LogP contribution is -2.12. The van der Waals surface area contributed by atoms with E-state index in [2.05, 4.69) is 4.98 Å². The quantitative estimate of drug-likeness (QED) is 0.776. The van der Waals surface area contributed by atoms with Gasteiger partial charge in [-0.25, -0.2) is 0 Å². The lowest BCUT2D eigenvalue weighted by molar-refractivity contribution is 0.188. The average molecular weight is 202 g/mol. The van der Waals surface area contributed by atoms with E-state index in [-0.39, 0.29) is 6.54 Å². The first-order valence-electron chi connectivity index (χ1n) is 4.97. The maximum Gasteiger partial charge on any atom is 0.0919 e. The minimum absolute atomic E-state index is 0.230. The molecule has 0 aliphatic heterocycles. The molecule has 0 spiro atoms. The summed E-state index contributed by atoms with van der Waals surface area (Å²) in [5.74, 6) is 0. The Balaban J connectivity index is 2.71. The summed E-state index contributed by atoms with van der Waals surface area (Å²) in [4.78, 5) is 4.40. The first kappa shape index (κ1) is 10.1. The van der Waals surface area contributed by atoms with Crippen LogP contribution in [0.1, 0.15) is 17.4 Å². The minimum Gasteiger partial charge on any atom is -0.387 e. The third kappa shape index (κ3) is 1.84. The number of aliphatic hydroxyl groups is 1. The van der Waals surface area contributed by atoms with Gasteiger partial charge in [-0.05, 0) is 24.6 Å². The number of rotatable bonds is 2. The number of pyridine rings is 1. The molecule has 0 saturated carbocycles. The zero-order valence-electron chi connectivity index (χ0n) is 8.64. The first-order chi connectivity index (χ1) is 7.22. The van der Waals surface area contributed by atoms with E-state index in [1.54, 1.807) is 0 Å². The van der Waals surface area contributed by atoms with Crippen molar-refractivity contribution >= 4 is 10.9 Å². The van der Waals surface area contributed by atoms with Gasteiger partial charge in [0.15, 0.2) is 0 Å². The van der Waals surface area contributed by atoms with E-state index in [9.17, 15) is 5.11 Å². The van der Waals surface area contributed by atoms with Gasteiger partial charge >= 0.3 is 0 Å². The highest BCUT2D eigenvalue weighted by atomic mass is 16.3. The summed E-state index contributed by atoms with van der Waals surface area (Å²) < 4.78 is 0. The molecule has 1 aromatic carbocycles. The van der Waals surface area contributed by atoms with E-state index in [1.165, 1.54) is 0 Å². The predicted molar refractivity (Wildman–Crippen MR) is 60.5 cm³/mol. The van der Waals surface area contributed by atoms with E-state index in [1.807, 2.05) is 37.3 Å². The summed E-state index contributed by atoms with van der Waals surface area (Å²) in [5, 5.41) is 10.8. The van der Waals surface area contributed by atoms with Crippen molar-refractivity contribution in [1.29, 1.82) is 0 Å². The molecule has 2 aromatic rings. The predicted octanol–water partition coefficient (Wildman–Crippen LogP) is 1.54. The topological polar surface area (TPSA) is 59.1 Å². The third-order valence-corrected chi connectivity index (χ3v) is 2.46. The van der Waals surface area contributed by atoms with Crippen LogP contribution in [0.4, 0.5) is 0 Å². The zero-order chi connectivity index (χ0) is 10.8. The normalized spacial score (nSPS) is 13.0. The number of aromatic nitrogens is 1. The number of hydrogen-bond acceptors (Lipinski definition) is 3. The Morgan fingerprint density at radius 3 is 2.87 bits per heavy atom. The maximum absolute atomic E-state index is 9.80. The van der Waals surface area contributed by atoms with Gasteiger partial charge in [0.25, 0.3) is 0 Å². The molecule has 1 heterocycles. The molecule has 0 saturated heterocycles. The van der Waals surface area contributed by atoms with Gasteiger partial charge in [-0.15, -0.1) is 0 Å². The SMILES string of the molecule is Cc1cc(C(O)CN)c2ccccc2n1. The molecule has 1 unspecified atom stereocenters. The van der Waals surface area contributed by atoms with Crippen LogP contribution < -0.4 is 5.73 Å². The molecule has 0 radical (unpaired) electrons. The summed E-state index contributed by atoms with van der Waals surface area (Å²) in [6.45, 7) is 2.15. The molecule has 78 valence electrons. The molecule has 0 aliphatic carbocycles. The van der Waals surface area contributed by atoms with Crippen molar-refractivity contribution < 1.29 is 5.11 Å². The molecule has 0 fully saturated rings. The molecule has 3 N–H and O–H groups in total. The van der Waals surface area contributed by atoms with Gasteiger partial charge in [0.2, 0.25) is 0 Å². The van der Waals surface area contributed by atoms with E-state index in [4.69, 9.17) is 5.73 Å². The summed E-state index contributed by atoms with van der Waals surface area (Å²) in [5.41, 5.74) is 8.14. The molecule has 0 bridgehead atoms. The standard InChI is InChI=1S/C12H14N2O/c1-8-6-10(12(15)7-13)9-4-2-3-5-11(9)14-8/h2-6,12,15H,7,13H2,1H3. The second-order valence-corrected chi connectivity index (χ2v) is 3.62. The Labute approximate surface area is 88.6 Å². The van der Waals surface area contributed by atoms with Crippen molar-refractivity contribution in [3.05, 3.63) is 41.6 Å². The van der Waals surface area contributed by atoms with Gasteiger partial charge in [0.05, 0.1) is 11.6 Å². The van der Waals surface area contributed by atoms with Crippen molar-refractivity contribution in [2.75, 3.05) is 6.54 Å².